The first-order valence-corrected chi connectivity index (χ1v) is 12.5. The van der Waals surface area contributed by atoms with Crippen molar-refractivity contribution >= 4 is 58.0 Å². The normalized spacial score (nSPS) is 12.4. The standard InChI is InChI=1S/C27H23Cl2FN6O3/c1-38-24-9-15(26(37)39-2)3-4-17(24)14-36-13-16-5-6-19(11-23(16)35-36)33-27-31-12-22(30)25(34-27)32-18-7-8-20(28)21(29)10-18/h3-12,35H,13-14H2,1-2H3,(H2,31,32,33,34). The van der Waals surface area contributed by atoms with E-state index in [1.54, 1.807) is 37.4 Å². The number of esters is 1. The van der Waals surface area contributed by atoms with Gasteiger partial charge >= 0.3 is 5.97 Å². The van der Waals surface area contributed by atoms with Crippen LogP contribution in [0.15, 0.2) is 60.8 Å². The summed E-state index contributed by atoms with van der Waals surface area (Å²) in [6.07, 6.45) is 1.08. The summed E-state index contributed by atoms with van der Waals surface area (Å²) in [5.74, 6) is -0.244. The zero-order valence-electron chi connectivity index (χ0n) is 20.9. The molecule has 0 saturated carbocycles. The molecule has 0 fully saturated rings. The Morgan fingerprint density at radius 3 is 2.62 bits per heavy atom. The molecule has 0 spiro atoms. The lowest BCUT2D eigenvalue weighted by Gasteiger charge is -2.18. The van der Waals surface area contributed by atoms with E-state index >= 15 is 0 Å². The van der Waals surface area contributed by atoms with Crippen LogP contribution in [0.4, 0.5) is 33.2 Å². The molecule has 200 valence electrons. The number of hydrogen-bond donors (Lipinski definition) is 3. The molecule has 0 saturated heterocycles. The number of hydrogen-bond acceptors (Lipinski definition) is 9. The number of aromatic nitrogens is 2. The third-order valence-corrected chi connectivity index (χ3v) is 6.74. The van der Waals surface area contributed by atoms with Crippen molar-refractivity contribution in [1.29, 1.82) is 0 Å². The molecular weight excluding hydrogens is 546 g/mol. The molecule has 39 heavy (non-hydrogen) atoms. The molecule has 0 amide bonds. The van der Waals surface area contributed by atoms with Gasteiger partial charge < -0.3 is 25.5 Å². The fourth-order valence-electron chi connectivity index (χ4n) is 4.09. The van der Waals surface area contributed by atoms with Gasteiger partial charge in [-0.3, -0.25) is 0 Å². The highest BCUT2D eigenvalue weighted by atomic mass is 35.5. The minimum absolute atomic E-state index is 0.0106. The van der Waals surface area contributed by atoms with Gasteiger partial charge in [-0.05, 0) is 48.0 Å². The van der Waals surface area contributed by atoms with E-state index in [1.165, 1.54) is 7.11 Å². The molecule has 0 unspecified atom stereocenters. The maximum absolute atomic E-state index is 14.4. The number of hydrazine groups is 1. The minimum Gasteiger partial charge on any atom is -0.496 e. The van der Waals surface area contributed by atoms with Crippen molar-refractivity contribution in [3.05, 3.63) is 93.3 Å². The van der Waals surface area contributed by atoms with Gasteiger partial charge in [-0.2, -0.15) is 4.98 Å². The van der Waals surface area contributed by atoms with Gasteiger partial charge in [0.25, 0.3) is 0 Å². The molecule has 0 aliphatic carbocycles. The molecule has 1 aliphatic heterocycles. The first-order chi connectivity index (χ1) is 18.8. The SMILES string of the molecule is COC(=O)c1ccc(CN2Cc3ccc(Nc4ncc(F)c(Nc5ccc(Cl)c(Cl)c5)n4)cc3N2)c(OC)c1. The number of methoxy groups -OCH3 is 2. The van der Waals surface area contributed by atoms with Crippen LogP contribution in [0.3, 0.4) is 0 Å². The van der Waals surface area contributed by atoms with Crippen LogP contribution >= 0.6 is 23.2 Å². The Morgan fingerprint density at radius 1 is 1.05 bits per heavy atom. The highest BCUT2D eigenvalue weighted by molar-refractivity contribution is 6.42. The lowest BCUT2D eigenvalue weighted by atomic mass is 10.1. The third kappa shape index (κ3) is 5.98. The summed E-state index contributed by atoms with van der Waals surface area (Å²) in [7, 11) is 2.90. The Bertz CT molecular complexity index is 1550. The van der Waals surface area contributed by atoms with E-state index < -0.39 is 11.8 Å². The largest absolute Gasteiger partial charge is 0.496 e. The summed E-state index contributed by atoms with van der Waals surface area (Å²) < 4.78 is 24.7. The zero-order chi connectivity index (χ0) is 27.5. The second-order valence-electron chi connectivity index (χ2n) is 8.63. The Balaban J connectivity index is 1.27. The lowest BCUT2D eigenvalue weighted by Crippen LogP contribution is -2.23. The van der Waals surface area contributed by atoms with Crippen molar-refractivity contribution < 1.29 is 18.7 Å². The molecule has 0 atom stereocenters. The number of nitrogens with zero attached hydrogens (tertiary/aromatic N) is 3. The number of nitrogens with one attached hydrogen (secondary N) is 3. The monoisotopic (exact) mass is 568 g/mol. The first-order valence-electron chi connectivity index (χ1n) is 11.7. The highest BCUT2D eigenvalue weighted by Gasteiger charge is 2.21. The molecule has 0 radical (unpaired) electrons. The number of benzene rings is 3. The predicted octanol–water partition coefficient (Wildman–Crippen LogP) is 6.55. The van der Waals surface area contributed by atoms with Crippen LogP contribution < -0.4 is 20.8 Å². The van der Waals surface area contributed by atoms with E-state index in [2.05, 4.69) is 26.0 Å². The molecule has 12 heteroatoms. The van der Waals surface area contributed by atoms with E-state index in [0.29, 0.717) is 40.1 Å². The Kier molecular flexibility index (Phi) is 7.69. The van der Waals surface area contributed by atoms with Crippen molar-refractivity contribution in [2.45, 2.75) is 13.1 Å². The predicted molar refractivity (Wildman–Crippen MR) is 149 cm³/mol. The van der Waals surface area contributed by atoms with Crippen LogP contribution in [0.5, 0.6) is 5.75 Å². The molecule has 1 aliphatic rings. The molecular formula is C27H23Cl2FN6O3. The van der Waals surface area contributed by atoms with Gasteiger partial charge in [-0.25, -0.2) is 19.2 Å². The summed E-state index contributed by atoms with van der Waals surface area (Å²) in [5, 5.41) is 8.77. The number of ether oxygens (including phenoxy) is 2. The van der Waals surface area contributed by atoms with E-state index in [4.69, 9.17) is 32.7 Å². The molecule has 1 aromatic heterocycles. The van der Waals surface area contributed by atoms with Gasteiger partial charge in [-0.15, -0.1) is 0 Å². The number of fused-ring (bicyclic) bond motifs is 1. The number of rotatable bonds is 8. The fraction of sp³-hybridized carbons (Fsp3) is 0.148. The van der Waals surface area contributed by atoms with Gasteiger partial charge in [0.05, 0.1) is 41.7 Å². The van der Waals surface area contributed by atoms with Crippen molar-refractivity contribution in [1.82, 2.24) is 15.0 Å². The molecule has 5 rings (SSSR count). The van der Waals surface area contributed by atoms with E-state index in [-0.39, 0.29) is 11.8 Å². The molecule has 9 nitrogen and oxygen atoms in total. The van der Waals surface area contributed by atoms with Gasteiger partial charge in [0.2, 0.25) is 5.95 Å². The van der Waals surface area contributed by atoms with Crippen LogP contribution in [0, 0.1) is 5.82 Å². The molecule has 2 heterocycles. The Labute approximate surface area is 233 Å². The summed E-state index contributed by atoms with van der Waals surface area (Å²) >= 11 is 12.0. The molecule has 3 N–H and O–H groups in total. The highest BCUT2D eigenvalue weighted by Crippen LogP contribution is 2.32. The number of carbonyl (C=O) groups is 1. The van der Waals surface area contributed by atoms with Gasteiger partial charge in [0.15, 0.2) is 11.6 Å². The second-order valence-corrected chi connectivity index (χ2v) is 9.44. The van der Waals surface area contributed by atoms with Crippen molar-refractivity contribution in [2.24, 2.45) is 0 Å². The van der Waals surface area contributed by atoms with E-state index in [9.17, 15) is 9.18 Å². The number of carbonyl (C=O) groups excluding carboxylic acids is 1. The summed E-state index contributed by atoms with van der Waals surface area (Å²) in [6.45, 7) is 1.19. The summed E-state index contributed by atoms with van der Waals surface area (Å²) in [4.78, 5) is 20.2. The van der Waals surface area contributed by atoms with Crippen LogP contribution in [0.2, 0.25) is 10.0 Å². The average Bonchev–Trinajstić information content (AvgIpc) is 3.34. The zero-order valence-corrected chi connectivity index (χ0v) is 22.4. The van der Waals surface area contributed by atoms with Crippen molar-refractivity contribution in [3.8, 4) is 5.75 Å². The van der Waals surface area contributed by atoms with Crippen LogP contribution in [-0.4, -0.2) is 35.2 Å². The topological polar surface area (TPSA) is 101 Å². The summed E-state index contributed by atoms with van der Waals surface area (Å²) in [5.41, 5.74) is 7.96. The first kappa shape index (κ1) is 26.5. The van der Waals surface area contributed by atoms with Crippen LogP contribution in [0.1, 0.15) is 21.5 Å². The minimum atomic E-state index is -0.618. The molecule has 0 bridgehead atoms. The molecule has 4 aromatic rings. The van der Waals surface area contributed by atoms with E-state index in [1.807, 2.05) is 29.3 Å². The second kappa shape index (κ2) is 11.3. The van der Waals surface area contributed by atoms with Crippen LogP contribution in [-0.2, 0) is 17.8 Å². The van der Waals surface area contributed by atoms with Crippen molar-refractivity contribution in [3.63, 3.8) is 0 Å². The maximum atomic E-state index is 14.4. The van der Waals surface area contributed by atoms with Gasteiger partial charge in [0, 0.05) is 30.0 Å². The molecule has 3 aromatic carbocycles. The lowest BCUT2D eigenvalue weighted by molar-refractivity contribution is 0.0600. The quantitative estimate of drug-likeness (QED) is 0.204. The van der Waals surface area contributed by atoms with Crippen LogP contribution in [0.25, 0.3) is 0 Å². The van der Waals surface area contributed by atoms with Crippen molar-refractivity contribution in [2.75, 3.05) is 30.3 Å². The third-order valence-electron chi connectivity index (χ3n) is 6.00. The van der Waals surface area contributed by atoms with Gasteiger partial charge in [0.1, 0.15) is 5.75 Å². The number of anilines is 5. The van der Waals surface area contributed by atoms with Gasteiger partial charge in [-0.1, -0.05) is 35.3 Å². The fourth-order valence-corrected chi connectivity index (χ4v) is 4.39. The van der Waals surface area contributed by atoms with E-state index in [0.717, 1.165) is 28.7 Å². The maximum Gasteiger partial charge on any atom is 0.337 e. The Morgan fingerprint density at radius 2 is 1.85 bits per heavy atom. The Hall–Kier alpha value is -4.12. The number of halogens is 3. The smallest absolute Gasteiger partial charge is 0.337 e. The average molecular weight is 569 g/mol. The summed E-state index contributed by atoms with van der Waals surface area (Å²) in [6, 6.07) is 15.9.